The first kappa shape index (κ1) is 15.0. The summed E-state index contributed by atoms with van der Waals surface area (Å²) in [5.41, 5.74) is 13.1. The lowest BCUT2D eigenvalue weighted by molar-refractivity contribution is 0.483. The third-order valence-corrected chi connectivity index (χ3v) is 3.08. The SMILES string of the molecule is Cc1ccc(N)cc1.Nc1cccc(S(=O)(=O)O)c1. The van der Waals surface area contributed by atoms with Crippen LogP contribution in [-0.4, -0.2) is 13.0 Å². The van der Waals surface area contributed by atoms with Gasteiger partial charge in [0, 0.05) is 11.4 Å². The van der Waals surface area contributed by atoms with Gasteiger partial charge in [-0.3, -0.25) is 4.55 Å². The van der Waals surface area contributed by atoms with Crippen LogP contribution < -0.4 is 11.5 Å². The van der Waals surface area contributed by atoms with Crippen LogP contribution in [0.4, 0.5) is 11.4 Å². The molecular formula is C13H16N2O3S. The van der Waals surface area contributed by atoms with Crippen LogP contribution in [-0.2, 0) is 10.1 Å². The number of nitrogen functional groups attached to an aromatic ring is 2. The standard InChI is InChI=1S/C7H9N.C6H7NO3S/c1-6-2-4-7(8)5-3-6;7-5-2-1-3-6(4-5)11(8,9)10/h2-5H,8H2,1H3;1-4H,7H2,(H,8,9,10). The smallest absolute Gasteiger partial charge is 0.294 e. The molecule has 2 aromatic rings. The predicted molar refractivity (Wildman–Crippen MR) is 76.3 cm³/mol. The lowest BCUT2D eigenvalue weighted by atomic mass is 10.2. The molecule has 5 nitrogen and oxygen atoms in total. The maximum Gasteiger partial charge on any atom is 0.294 e. The van der Waals surface area contributed by atoms with Crippen molar-refractivity contribution >= 4 is 21.5 Å². The van der Waals surface area contributed by atoms with Gasteiger partial charge in [0.2, 0.25) is 0 Å². The summed E-state index contributed by atoms with van der Waals surface area (Å²) in [7, 11) is -4.11. The molecule has 2 rings (SSSR count). The van der Waals surface area contributed by atoms with E-state index in [2.05, 4.69) is 0 Å². The molecule has 0 saturated carbocycles. The third kappa shape index (κ3) is 5.41. The topological polar surface area (TPSA) is 106 Å². The van der Waals surface area contributed by atoms with Crippen LogP contribution >= 0.6 is 0 Å². The second-order valence-corrected chi connectivity index (χ2v) is 5.38. The number of benzene rings is 2. The molecule has 0 amide bonds. The fourth-order valence-electron chi connectivity index (χ4n) is 1.24. The van der Waals surface area contributed by atoms with Gasteiger partial charge in [-0.1, -0.05) is 23.8 Å². The Morgan fingerprint density at radius 1 is 0.947 bits per heavy atom. The Bertz CT molecular complexity index is 616. The van der Waals surface area contributed by atoms with Gasteiger partial charge in [0.15, 0.2) is 0 Å². The van der Waals surface area contributed by atoms with E-state index in [4.69, 9.17) is 16.0 Å². The van der Waals surface area contributed by atoms with Crippen LogP contribution in [0.5, 0.6) is 0 Å². The summed E-state index contributed by atoms with van der Waals surface area (Å²) >= 11 is 0. The maximum absolute atomic E-state index is 10.5. The Balaban J connectivity index is 0.000000200. The zero-order chi connectivity index (χ0) is 14.5. The number of hydrogen-bond donors (Lipinski definition) is 3. The Labute approximate surface area is 112 Å². The zero-order valence-corrected chi connectivity index (χ0v) is 11.3. The molecule has 0 spiro atoms. The summed E-state index contributed by atoms with van der Waals surface area (Å²) in [5.74, 6) is 0. The predicted octanol–water partition coefficient (Wildman–Crippen LogP) is 2.09. The summed E-state index contributed by atoms with van der Waals surface area (Å²) in [4.78, 5) is -0.183. The van der Waals surface area contributed by atoms with Gasteiger partial charge in [-0.05, 0) is 37.3 Å². The molecule has 0 unspecified atom stereocenters. The molecule has 0 heterocycles. The van der Waals surface area contributed by atoms with E-state index in [9.17, 15) is 8.42 Å². The number of rotatable bonds is 1. The summed E-state index contributed by atoms with van der Waals surface area (Å²) in [6, 6.07) is 13.2. The molecule has 0 aliphatic rings. The van der Waals surface area contributed by atoms with Gasteiger partial charge in [0.05, 0.1) is 4.90 Å². The Hall–Kier alpha value is -2.05. The van der Waals surface area contributed by atoms with Crippen molar-refractivity contribution in [3.05, 3.63) is 54.1 Å². The quantitative estimate of drug-likeness (QED) is 0.548. The Morgan fingerprint density at radius 2 is 1.53 bits per heavy atom. The molecular weight excluding hydrogens is 264 g/mol. The van der Waals surface area contributed by atoms with Gasteiger partial charge in [0.1, 0.15) is 0 Å². The monoisotopic (exact) mass is 280 g/mol. The van der Waals surface area contributed by atoms with E-state index < -0.39 is 10.1 Å². The lowest BCUT2D eigenvalue weighted by Crippen LogP contribution is -1.98. The Morgan fingerprint density at radius 3 is 1.89 bits per heavy atom. The molecule has 0 aliphatic heterocycles. The van der Waals surface area contributed by atoms with Crippen LogP contribution in [0.2, 0.25) is 0 Å². The average molecular weight is 280 g/mol. The highest BCUT2D eigenvalue weighted by atomic mass is 32.2. The van der Waals surface area contributed by atoms with Gasteiger partial charge in [-0.2, -0.15) is 8.42 Å². The van der Waals surface area contributed by atoms with E-state index in [1.807, 2.05) is 31.2 Å². The first-order valence-corrected chi connectivity index (χ1v) is 6.88. The molecule has 102 valence electrons. The van der Waals surface area contributed by atoms with E-state index in [1.54, 1.807) is 0 Å². The van der Waals surface area contributed by atoms with Crippen molar-refractivity contribution in [3.8, 4) is 0 Å². The maximum atomic E-state index is 10.5. The van der Waals surface area contributed by atoms with Crippen molar-refractivity contribution in [2.45, 2.75) is 11.8 Å². The van der Waals surface area contributed by atoms with E-state index in [0.29, 0.717) is 5.69 Å². The van der Waals surface area contributed by atoms with Crippen molar-refractivity contribution in [1.29, 1.82) is 0 Å². The highest BCUT2D eigenvalue weighted by molar-refractivity contribution is 7.85. The molecule has 0 fully saturated rings. The molecule has 0 aromatic heterocycles. The molecule has 2 aromatic carbocycles. The van der Waals surface area contributed by atoms with Crippen molar-refractivity contribution in [2.75, 3.05) is 11.5 Å². The van der Waals surface area contributed by atoms with Crippen LogP contribution in [0.3, 0.4) is 0 Å². The molecule has 6 heteroatoms. The first-order valence-electron chi connectivity index (χ1n) is 5.44. The van der Waals surface area contributed by atoms with E-state index in [-0.39, 0.29) is 4.90 Å². The second kappa shape index (κ2) is 6.21. The average Bonchev–Trinajstić information content (AvgIpc) is 2.33. The first-order chi connectivity index (χ1) is 8.79. The molecule has 0 radical (unpaired) electrons. The highest BCUT2D eigenvalue weighted by Gasteiger charge is 2.07. The summed E-state index contributed by atoms with van der Waals surface area (Å²) in [5, 5.41) is 0. The van der Waals surface area contributed by atoms with Gasteiger partial charge in [0.25, 0.3) is 10.1 Å². The van der Waals surface area contributed by atoms with Crippen LogP contribution in [0.25, 0.3) is 0 Å². The number of anilines is 2. The van der Waals surface area contributed by atoms with E-state index in [1.165, 1.54) is 29.8 Å². The molecule has 0 aliphatic carbocycles. The molecule has 19 heavy (non-hydrogen) atoms. The minimum Gasteiger partial charge on any atom is -0.399 e. The van der Waals surface area contributed by atoms with Crippen molar-refractivity contribution in [1.82, 2.24) is 0 Å². The number of nitrogens with two attached hydrogens (primary N) is 2. The van der Waals surface area contributed by atoms with Gasteiger partial charge < -0.3 is 11.5 Å². The minimum atomic E-state index is -4.11. The van der Waals surface area contributed by atoms with Gasteiger partial charge >= 0.3 is 0 Å². The van der Waals surface area contributed by atoms with Crippen molar-refractivity contribution in [3.63, 3.8) is 0 Å². The molecule has 5 N–H and O–H groups in total. The Kier molecular flexibility index (Phi) is 4.91. The largest absolute Gasteiger partial charge is 0.399 e. The summed E-state index contributed by atoms with van der Waals surface area (Å²) in [6.45, 7) is 2.04. The lowest BCUT2D eigenvalue weighted by Gasteiger charge is -1.96. The van der Waals surface area contributed by atoms with E-state index >= 15 is 0 Å². The second-order valence-electron chi connectivity index (χ2n) is 3.96. The van der Waals surface area contributed by atoms with Crippen molar-refractivity contribution < 1.29 is 13.0 Å². The normalized spacial score (nSPS) is 10.4. The fraction of sp³-hybridized carbons (Fsp3) is 0.0769. The minimum absolute atomic E-state index is 0.183. The highest BCUT2D eigenvalue weighted by Crippen LogP contribution is 2.11. The van der Waals surface area contributed by atoms with Crippen LogP contribution in [0, 0.1) is 6.92 Å². The van der Waals surface area contributed by atoms with Crippen LogP contribution in [0.15, 0.2) is 53.4 Å². The van der Waals surface area contributed by atoms with Crippen molar-refractivity contribution in [2.24, 2.45) is 0 Å². The van der Waals surface area contributed by atoms with Gasteiger partial charge in [-0.25, -0.2) is 0 Å². The fourth-order valence-corrected chi connectivity index (χ4v) is 1.78. The van der Waals surface area contributed by atoms with Crippen LogP contribution in [0.1, 0.15) is 5.56 Å². The molecule has 0 saturated heterocycles. The summed E-state index contributed by atoms with van der Waals surface area (Å²) < 4.78 is 29.5. The number of aryl methyl sites for hydroxylation is 1. The van der Waals surface area contributed by atoms with E-state index in [0.717, 1.165) is 5.69 Å². The third-order valence-electron chi connectivity index (χ3n) is 2.23. The summed E-state index contributed by atoms with van der Waals surface area (Å²) in [6.07, 6.45) is 0. The zero-order valence-electron chi connectivity index (χ0n) is 10.4. The molecule has 0 atom stereocenters. The molecule has 0 bridgehead atoms. The van der Waals surface area contributed by atoms with Gasteiger partial charge in [-0.15, -0.1) is 0 Å². The number of hydrogen-bond acceptors (Lipinski definition) is 4.